The number of esters is 3. The minimum Gasteiger partial charge on any atom is -0.462 e. The lowest BCUT2D eigenvalue weighted by Crippen LogP contribution is -2.30. The van der Waals surface area contributed by atoms with Crippen LogP contribution in [0.4, 0.5) is 0 Å². The maximum Gasteiger partial charge on any atom is 0.306 e. The van der Waals surface area contributed by atoms with Gasteiger partial charge in [-0.15, -0.1) is 0 Å². The van der Waals surface area contributed by atoms with Crippen LogP contribution in [-0.4, -0.2) is 37.2 Å². The third kappa shape index (κ3) is 65.5. The number of rotatable bonds is 63. The van der Waals surface area contributed by atoms with Gasteiger partial charge in [0, 0.05) is 19.3 Å². The summed E-state index contributed by atoms with van der Waals surface area (Å²) >= 11 is 0. The Bertz CT molecular complexity index is 1450. The standard InChI is InChI=1S/C73H130O6/c1-4-7-10-13-15-17-19-21-23-25-27-29-31-32-33-34-35-36-37-38-39-40-42-43-45-47-49-51-53-55-57-60-63-66-72(75)78-69-70(68-77-71(74)65-62-59-12-9-6-3)79-73(76)67-64-61-58-56-54-52-50-48-46-44-41-30-28-26-24-22-20-18-16-14-11-8-5-2/h7,10,15,17,21,23,26-29,32-33,70H,4-6,8-9,11-14,16,18-20,22,24-25,30-31,34-69H2,1-3H3/b10-7-,17-15-,23-21-,28-26-,29-27-,33-32-. The van der Waals surface area contributed by atoms with E-state index in [1.165, 1.54) is 218 Å². The molecular weight excluding hydrogens is 973 g/mol. The third-order valence-corrected chi connectivity index (χ3v) is 15.2. The summed E-state index contributed by atoms with van der Waals surface area (Å²) in [6, 6.07) is 0. The molecule has 0 aliphatic rings. The van der Waals surface area contributed by atoms with Gasteiger partial charge in [-0.1, -0.05) is 318 Å². The first kappa shape index (κ1) is 75.8. The summed E-state index contributed by atoms with van der Waals surface area (Å²) in [6.45, 7) is 6.49. The zero-order chi connectivity index (χ0) is 57.1. The molecule has 6 heteroatoms. The van der Waals surface area contributed by atoms with E-state index < -0.39 is 6.10 Å². The fourth-order valence-electron chi connectivity index (χ4n) is 10.1. The molecule has 0 aromatic heterocycles. The molecule has 1 atom stereocenters. The van der Waals surface area contributed by atoms with Crippen LogP contribution >= 0.6 is 0 Å². The van der Waals surface area contributed by atoms with Crippen LogP contribution in [0.2, 0.25) is 0 Å². The summed E-state index contributed by atoms with van der Waals surface area (Å²) in [5.74, 6) is -0.868. The van der Waals surface area contributed by atoms with Crippen molar-refractivity contribution in [2.45, 2.75) is 361 Å². The van der Waals surface area contributed by atoms with E-state index in [1.54, 1.807) is 0 Å². The molecule has 0 spiro atoms. The second-order valence-electron chi connectivity index (χ2n) is 23.1. The summed E-state index contributed by atoms with van der Waals surface area (Å²) in [5.41, 5.74) is 0. The summed E-state index contributed by atoms with van der Waals surface area (Å²) in [4.78, 5) is 38.0. The molecule has 1 unspecified atom stereocenters. The van der Waals surface area contributed by atoms with Crippen molar-refractivity contribution in [3.63, 3.8) is 0 Å². The highest BCUT2D eigenvalue weighted by molar-refractivity contribution is 5.71. The van der Waals surface area contributed by atoms with E-state index in [0.717, 1.165) is 96.3 Å². The molecule has 0 aromatic carbocycles. The summed E-state index contributed by atoms with van der Waals surface area (Å²) in [6.07, 6.45) is 88.4. The second kappa shape index (κ2) is 67.4. The molecule has 458 valence electrons. The van der Waals surface area contributed by atoms with Crippen LogP contribution in [0.3, 0.4) is 0 Å². The van der Waals surface area contributed by atoms with E-state index in [4.69, 9.17) is 14.2 Å². The number of carbonyl (C=O) groups excluding carboxylic acids is 3. The average Bonchev–Trinajstić information content (AvgIpc) is 3.45. The van der Waals surface area contributed by atoms with Crippen molar-refractivity contribution < 1.29 is 28.6 Å². The van der Waals surface area contributed by atoms with E-state index in [0.29, 0.717) is 19.3 Å². The van der Waals surface area contributed by atoms with Gasteiger partial charge in [0.25, 0.3) is 0 Å². The Morgan fingerprint density at radius 3 is 0.785 bits per heavy atom. The van der Waals surface area contributed by atoms with Gasteiger partial charge in [-0.3, -0.25) is 14.4 Å². The van der Waals surface area contributed by atoms with Gasteiger partial charge < -0.3 is 14.2 Å². The zero-order valence-electron chi connectivity index (χ0n) is 52.6. The maximum absolute atomic E-state index is 12.8. The Labute approximate surface area is 491 Å². The highest BCUT2D eigenvalue weighted by Crippen LogP contribution is 2.18. The molecule has 0 saturated heterocycles. The van der Waals surface area contributed by atoms with E-state index in [-0.39, 0.29) is 31.1 Å². The number of unbranched alkanes of at least 4 members (excludes halogenated alkanes) is 40. The van der Waals surface area contributed by atoms with E-state index in [2.05, 4.69) is 93.7 Å². The van der Waals surface area contributed by atoms with Gasteiger partial charge >= 0.3 is 17.9 Å². The first-order valence-electron chi connectivity index (χ1n) is 34.4. The smallest absolute Gasteiger partial charge is 0.306 e. The van der Waals surface area contributed by atoms with Gasteiger partial charge in [0.15, 0.2) is 6.10 Å². The van der Waals surface area contributed by atoms with Crippen LogP contribution in [0.25, 0.3) is 0 Å². The Morgan fingerprint density at radius 2 is 0.494 bits per heavy atom. The number of hydrogen-bond donors (Lipinski definition) is 0. The molecule has 0 N–H and O–H groups in total. The molecule has 6 nitrogen and oxygen atoms in total. The molecule has 0 aliphatic carbocycles. The van der Waals surface area contributed by atoms with Crippen LogP contribution in [0.5, 0.6) is 0 Å². The van der Waals surface area contributed by atoms with Crippen LogP contribution in [0, 0.1) is 0 Å². The van der Waals surface area contributed by atoms with Gasteiger partial charge in [0.2, 0.25) is 0 Å². The number of hydrogen-bond acceptors (Lipinski definition) is 6. The lowest BCUT2D eigenvalue weighted by molar-refractivity contribution is -0.167. The number of allylic oxidation sites excluding steroid dienone is 12. The summed E-state index contributed by atoms with van der Waals surface area (Å²) in [7, 11) is 0. The van der Waals surface area contributed by atoms with E-state index >= 15 is 0 Å². The molecule has 0 radical (unpaired) electrons. The Morgan fingerprint density at radius 1 is 0.266 bits per heavy atom. The SMILES string of the molecule is CC/C=C\C/C=C\C/C=C\C/C=C\C/C=C\CCCCCCCCCCCCCCCCCCCC(=O)OCC(COC(=O)CCCCCCC)OC(=O)CCCCCCCCCCCCC/C=C\CCCCCCCCCC. The van der Waals surface area contributed by atoms with Crippen molar-refractivity contribution in [2.24, 2.45) is 0 Å². The molecule has 0 aliphatic heterocycles. The normalized spacial score (nSPS) is 12.5. The summed E-state index contributed by atoms with van der Waals surface area (Å²) < 4.78 is 16.8. The molecule has 79 heavy (non-hydrogen) atoms. The van der Waals surface area contributed by atoms with E-state index in [9.17, 15) is 14.4 Å². The van der Waals surface area contributed by atoms with Crippen LogP contribution in [0.15, 0.2) is 72.9 Å². The Balaban J connectivity index is 3.94. The predicted octanol–water partition coefficient (Wildman–Crippen LogP) is 23.7. The lowest BCUT2D eigenvalue weighted by Gasteiger charge is -2.18. The van der Waals surface area contributed by atoms with Crippen LogP contribution in [-0.2, 0) is 28.6 Å². The number of ether oxygens (including phenoxy) is 3. The first-order valence-corrected chi connectivity index (χ1v) is 34.4. The fourth-order valence-corrected chi connectivity index (χ4v) is 10.1. The zero-order valence-corrected chi connectivity index (χ0v) is 52.6. The van der Waals surface area contributed by atoms with E-state index in [1.807, 2.05) is 0 Å². The highest BCUT2D eigenvalue weighted by atomic mass is 16.6. The molecule has 0 rings (SSSR count). The minimum atomic E-state index is -0.770. The van der Waals surface area contributed by atoms with Gasteiger partial charge in [0.1, 0.15) is 13.2 Å². The van der Waals surface area contributed by atoms with Crippen molar-refractivity contribution in [3.05, 3.63) is 72.9 Å². The maximum atomic E-state index is 12.8. The molecule has 0 heterocycles. The largest absolute Gasteiger partial charge is 0.462 e. The Kier molecular flexibility index (Phi) is 64.7. The van der Waals surface area contributed by atoms with Crippen molar-refractivity contribution in [1.82, 2.24) is 0 Å². The monoisotopic (exact) mass is 1100 g/mol. The van der Waals surface area contributed by atoms with Gasteiger partial charge in [-0.05, 0) is 89.9 Å². The van der Waals surface area contributed by atoms with Crippen molar-refractivity contribution in [3.8, 4) is 0 Å². The summed E-state index contributed by atoms with van der Waals surface area (Å²) in [5, 5.41) is 0. The Hall–Kier alpha value is -3.15. The van der Waals surface area contributed by atoms with Crippen molar-refractivity contribution in [1.29, 1.82) is 0 Å². The highest BCUT2D eigenvalue weighted by Gasteiger charge is 2.19. The molecular formula is C73H130O6. The van der Waals surface area contributed by atoms with Gasteiger partial charge in [-0.25, -0.2) is 0 Å². The predicted molar refractivity (Wildman–Crippen MR) is 344 cm³/mol. The van der Waals surface area contributed by atoms with Crippen molar-refractivity contribution in [2.75, 3.05) is 13.2 Å². The van der Waals surface area contributed by atoms with Gasteiger partial charge in [-0.2, -0.15) is 0 Å². The topological polar surface area (TPSA) is 78.9 Å². The number of carbonyl (C=O) groups is 3. The second-order valence-corrected chi connectivity index (χ2v) is 23.1. The third-order valence-electron chi connectivity index (χ3n) is 15.2. The molecule has 0 amide bonds. The fraction of sp³-hybridized carbons (Fsp3) is 0.795. The average molecular weight is 1100 g/mol. The lowest BCUT2D eigenvalue weighted by atomic mass is 10.0. The molecule has 0 saturated carbocycles. The first-order chi connectivity index (χ1) is 39.0. The van der Waals surface area contributed by atoms with Crippen molar-refractivity contribution >= 4 is 17.9 Å². The van der Waals surface area contributed by atoms with Crippen LogP contribution < -0.4 is 0 Å². The quantitative estimate of drug-likeness (QED) is 0.0261. The van der Waals surface area contributed by atoms with Crippen LogP contribution in [0.1, 0.15) is 355 Å². The minimum absolute atomic E-state index is 0.0712. The molecule has 0 aromatic rings. The van der Waals surface area contributed by atoms with Gasteiger partial charge in [0.05, 0.1) is 0 Å². The molecule has 0 fully saturated rings. The molecule has 0 bridgehead atoms.